The Morgan fingerprint density at radius 1 is 0.739 bits per heavy atom. The minimum atomic E-state index is -1.55. The summed E-state index contributed by atoms with van der Waals surface area (Å²) in [5.41, 5.74) is 0. The summed E-state index contributed by atoms with van der Waals surface area (Å²) in [6, 6.07) is 0. The van der Waals surface area contributed by atoms with Gasteiger partial charge in [0.25, 0.3) is 0 Å². The van der Waals surface area contributed by atoms with Crippen LogP contribution in [0.15, 0.2) is 0 Å². The Labute approximate surface area is 140 Å². The Balaban J connectivity index is 3.73. The van der Waals surface area contributed by atoms with Crippen LogP contribution >= 0.6 is 0 Å². The number of aliphatic hydroxyl groups excluding tert-OH is 5. The van der Waals surface area contributed by atoms with Crippen molar-refractivity contribution < 1.29 is 25.5 Å². The lowest BCUT2D eigenvalue weighted by molar-refractivity contribution is -0.118. The predicted molar refractivity (Wildman–Crippen MR) is 91.2 cm³/mol. The summed E-state index contributed by atoms with van der Waals surface area (Å²) >= 11 is 0. The number of aliphatic hydroxyl groups is 5. The molecule has 5 N–H and O–H groups in total. The second-order valence-corrected chi connectivity index (χ2v) is 6.54. The molecule has 4 unspecified atom stereocenters. The minimum absolute atomic E-state index is 0.215. The molecule has 0 bridgehead atoms. The van der Waals surface area contributed by atoms with E-state index >= 15 is 0 Å². The first-order chi connectivity index (χ1) is 10.9. The van der Waals surface area contributed by atoms with Crippen LogP contribution < -0.4 is 0 Å². The number of hydrogen-bond donors (Lipinski definition) is 5. The van der Waals surface area contributed by atoms with Gasteiger partial charge in [0, 0.05) is 6.54 Å². The average Bonchev–Trinajstić information content (AvgIpc) is 2.54. The number of unbranched alkanes of at least 4 members (excludes halogenated alkanes) is 7. The lowest BCUT2D eigenvalue weighted by atomic mass is 10.0. The first-order valence-corrected chi connectivity index (χ1v) is 8.95. The van der Waals surface area contributed by atoms with Gasteiger partial charge < -0.3 is 30.4 Å². The van der Waals surface area contributed by atoms with Gasteiger partial charge in [0.1, 0.15) is 18.3 Å². The van der Waals surface area contributed by atoms with Gasteiger partial charge in [0.2, 0.25) is 0 Å². The van der Waals surface area contributed by atoms with Gasteiger partial charge in [-0.05, 0) is 20.0 Å². The van der Waals surface area contributed by atoms with Crippen molar-refractivity contribution in [2.75, 3.05) is 26.7 Å². The summed E-state index contributed by atoms with van der Waals surface area (Å²) in [5, 5.41) is 47.2. The predicted octanol–water partition coefficient (Wildman–Crippen LogP) is 0.495. The van der Waals surface area contributed by atoms with Crippen molar-refractivity contribution in [2.45, 2.75) is 82.7 Å². The zero-order valence-corrected chi connectivity index (χ0v) is 14.8. The van der Waals surface area contributed by atoms with Gasteiger partial charge in [0.15, 0.2) is 0 Å². The molecule has 6 heteroatoms. The molecule has 0 aromatic heterocycles. The van der Waals surface area contributed by atoms with Crippen LogP contribution in [-0.2, 0) is 0 Å². The molecule has 0 aromatic carbocycles. The van der Waals surface area contributed by atoms with Crippen molar-refractivity contribution in [1.29, 1.82) is 0 Å². The maximum Gasteiger partial charge on any atom is 0.111 e. The zero-order valence-electron chi connectivity index (χ0n) is 14.8. The van der Waals surface area contributed by atoms with E-state index < -0.39 is 31.0 Å². The topological polar surface area (TPSA) is 104 Å². The lowest BCUT2D eigenvalue weighted by Crippen LogP contribution is -2.49. The summed E-state index contributed by atoms with van der Waals surface area (Å²) in [5.74, 6) is 0. The highest BCUT2D eigenvalue weighted by Gasteiger charge is 2.30. The van der Waals surface area contributed by atoms with Crippen molar-refractivity contribution in [3.63, 3.8) is 0 Å². The fourth-order valence-corrected chi connectivity index (χ4v) is 2.60. The van der Waals surface area contributed by atoms with Gasteiger partial charge in [-0.1, -0.05) is 51.9 Å². The monoisotopic (exact) mass is 335 g/mol. The smallest absolute Gasteiger partial charge is 0.111 e. The number of nitrogens with zero attached hydrogens (tertiary/aromatic N) is 1. The molecule has 140 valence electrons. The van der Waals surface area contributed by atoms with Gasteiger partial charge in [-0.2, -0.15) is 0 Å². The van der Waals surface area contributed by atoms with E-state index in [9.17, 15) is 20.4 Å². The first-order valence-electron chi connectivity index (χ1n) is 8.95. The molecule has 23 heavy (non-hydrogen) atoms. The van der Waals surface area contributed by atoms with Crippen LogP contribution in [0.5, 0.6) is 0 Å². The Kier molecular flexibility index (Phi) is 14.0. The van der Waals surface area contributed by atoms with Crippen molar-refractivity contribution in [2.24, 2.45) is 0 Å². The molecule has 0 aliphatic carbocycles. The summed E-state index contributed by atoms with van der Waals surface area (Å²) in [6.07, 6.45) is 4.27. The zero-order chi connectivity index (χ0) is 17.7. The second kappa shape index (κ2) is 14.1. The van der Waals surface area contributed by atoms with E-state index in [0.29, 0.717) is 0 Å². The Bertz CT molecular complexity index is 267. The molecule has 0 radical (unpaired) electrons. The Morgan fingerprint density at radius 2 is 1.22 bits per heavy atom. The third-order valence-electron chi connectivity index (χ3n) is 4.22. The molecule has 4 atom stereocenters. The molecule has 6 nitrogen and oxygen atoms in total. The van der Waals surface area contributed by atoms with Gasteiger partial charge in [-0.3, -0.25) is 0 Å². The van der Waals surface area contributed by atoms with E-state index in [1.54, 1.807) is 0 Å². The van der Waals surface area contributed by atoms with Gasteiger partial charge in [0.05, 0.1) is 12.7 Å². The summed E-state index contributed by atoms with van der Waals surface area (Å²) in [7, 11) is 1.85. The van der Waals surface area contributed by atoms with E-state index in [0.717, 1.165) is 19.4 Å². The molecule has 0 saturated carbocycles. The molecule has 0 aliphatic heterocycles. The van der Waals surface area contributed by atoms with Crippen LogP contribution in [0.4, 0.5) is 0 Å². The van der Waals surface area contributed by atoms with Crippen molar-refractivity contribution in [1.82, 2.24) is 4.90 Å². The highest BCUT2D eigenvalue weighted by atomic mass is 16.4. The molecule has 0 spiro atoms. The lowest BCUT2D eigenvalue weighted by Gasteiger charge is -2.28. The van der Waals surface area contributed by atoms with E-state index in [2.05, 4.69) is 6.92 Å². The SMILES string of the molecule is CCCCCCCCCCN(C)CC(O)C(O)C(O)C(O)CO. The van der Waals surface area contributed by atoms with Crippen molar-refractivity contribution in [3.8, 4) is 0 Å². The number of hydrogen-bond acceptors (Lipinski definition) is 6. The van der Waals surface area contributed by atoms with Gasteiger partial charge in [-0.15, -0.1) is 0 Å². The molecule has 0 fully saturated rings. The van der Waals surface area contributed by atoms with Crippen molar-refractivity contribution in [3.05, 3.63) is 0 Å². The van der Waals surface area contributed by atoms with E-state index in [4.69, 9.17) is 5.11 Å². The van der Waals surface area contributed by atoms with Crippen LogP contribution in [-0.4, -0.2) is 81.6 Å². The highest BCUT2D eigenvalue weighted by Crippen LogP contribution is 2.10. The van der Waals surface area contributed by atoms with Crippen LogP contribution in [0.3, 0.4) is 0 Å². The average molecular weight is 335 g/mol. The largest absolute Gasteiger partial charge is 0.394 e. The molecule has 0 aromatic rings. The van der Waals surface area contributed by atoms with Gasteiger partial charge >= 0.3 is 0 Å². The van der Waals surface area contributed by atoms with Crippen LogP contribution in [0.25, 0.3) is 0 Å². The molecule has 0 rings (SSSR count). The molecule has 0 heterocycles. The Hall–Kier alpha value is -0.240. The quantitative estimate of drug-likeness (QED) is 0.279. The highest BCUT2D eigenvalue weighted by molar-refractivity contribution is 4.81. The fourth-order valence-electron chi connectivity index (χ4n) is 2.60. The van der Waals surface area contributed by atoms with E-state index in [1.807, 2.05) is 11.9 Å². The molecular weight excluding hydrogens is 298 g/mol. The fraction of sp³-hybridized carbons (Fsp3) is 1.00. The van der Waals surface area contributed by atoms with Crippen LogP contribution in [0.1, 0.15) is 58.3 Å². The third-order valence-corrected chi connectivity index (χ3v) is 4.22. The molecular formula is C17H37NO5. The normalized spacial score (nSPS) is 17.2. The second-order valence-electron chi connectivity index (χ2n) is 6.54. The number of rotatable bonds is 15. The number of likely N-dealkylation sites (N-methyl/N-ethyl adjacent to an activating group) is 1. The maximum atomic E-state index is 9.88. The third kappa shape index (κ3) is 11.0. The van der Waals surface area contributed by atoms with Crippen LogP contribution in [0, 0.1) is 0 Å². The minimum Gasteiger partial charge on any atom is -0.394 e. The van der Waals surface area contributed by atoms with E-state index in [-0.39, 0.29) is 6.54 Å². The first kappa shape index (κ1) is 22.8. The van der Waals surface area contributed by atoms with Crippen LogP contribution in [0.2, 0.25) is 0 Å². The summed E-state index contributed by atoms with van der Waals surface area (Å²) in [6.45, 7) is 2.59. The van der Waals surface area contributed by atoms with Crippen molar-refractivity contribution >= 4 is 0 Å². The summed E-state index contributed by atoms with van der Waals surface area (Å²) < 4.78 is 0. The summed E-state index contributed by atoms with van der Waals surface area (Å²) in [4.78, 5) is 1.91. The Morgan fingerprint density at radius 3 is 1.74 bits per heavy atom. The van der Waals surface area contributed by atoms with Gasteiger partial charge in [-0.25, -0.2) is 0 Å². The standard InChI is InChI=1S/C17H37NO5/c1-3-4-5-6-7-8-9-10-11-18(2)12-14(20)16(22)17(23)15(21)13-19/h14-17,19-23H,3-13H2,1-2H3. The van der Waals surface area contributed by atoms with E-state index in [1.165, 1.54) is 38.5 Å². The molecule has 0 aliphatic rings. The maximum absolute atomic E-state index is 9.88. The molecule has 0 saturated heterocycles. The molecule has 0 amide bonds.